The van der Waals surface area contributed by atoms with Crippen LogP contribution in [0, 0.1) is 11.3 Å². The lowest BCUT2D eigenvalue weighted by atomic mass is 9.74. The van der Waals surface area contributed by atoms with Gasteiger partial charge in [-0.15, -0.1) is 0 Å². The van der Waals surface area contributed by atoms with Gasteiger partial charge in [0, 0.05) is 18.5 Å². The molecule has 2 aliphatic carbocycles. The lowest BCUT2D eigenvalue weighted by Crippen LogP contribution is -2.47. The van der Waals surface area contributed by atoms with Gasteiger partial charge in [-0.1, -0.05) is 10.5 Å². The fraction of sp³-hybridized carbons (Fsp3) is 0.810. The number of carbonyl (C=O) groups is 1. The zero-order chi connectivity index (χ0) is 20.0. The van der Waals surface area contributed by atoms with E-state index >= 15 is 0 Å². The highest BCUT2D eigenvalue weighted by Crippen LogP contribution is 2.51. The van der Waals surface area contributed by atoms with Crippen LogP contribution in [0.15, 0.2) is 16.0 Å². The molecular weight excluding hydrogens is 360 g/mol. The Balaban J connectivity index is 1.75. The fourth-order valence-electron chi connectivity index (χ4n) is 3.81. The van der Waals surface area contributed by atoms with Crippen LogP contribution in [0.3, 0.4) is 0 Å². The highest BCUT2D eigenvalue weighted by Gasteiger charge is 2.49. The molecule has 0 aromatic heterocycles. The van der Waals surface area contributed by atoms with Crippen LogP contribution in [0.5, 0.6) is 0 Å². The van der Waals surface area contributed by atoms with Crippen LogP contribution in [0.4, 0.5) is 4.79 Å². The second kappa shape index (κ2) is 7.11. The van der Waals surface area contributed by atoms with Crippen molar-refractivity contribution in [2.45, 2.75) is 84.0 Å². The third kappa shape index (κ3) is 4.70. The van der Waals surface area contributed by atoms with E-state index in [4.69, 9.17) is 9.13 Å². The van der Waals surface area contributed by atoms with Gasteiger partial charge in [0.15, 0.2) is 0 Å². The standard InChI is InChI=1S/C21H34N2O3S/c1-19(2,3)26-18(24)23-13-11-21(12-14-23)10-9-16(15-7-8-15)17(21)22-27(25)20(4,5)6/h9,15H,7-8,10-14H2,1-6H3. The van der Waals surface area contributed by atoms with Crippen molar-refractivity contribution in [1.82, 2.24) is 4.90 Å². The van der Waals surface area contributed by atoms with Crippen LogP contribution in [0.2, 0.25) is 0 Å². The predicted octanol–water partition coefficient (Wildman–Crippen LogP) is 4.65. The predicted molar refractivity (Wildman–Crippen MR) is 110 cm³/mol. The Kier molecular flexibility index (Phi) is 5.45. The number of allylic oxidation sites excluding steroid dienone is 2. The van der Waals surface area contributed by atoms with Crippen LogP contribution < -0.4 is 0 Å². The third-order valence-corrected chi connectivity index (χ3v) is 6.97. The number of rotatable bonds is 2. The minimum Gasteiger partial charge on any atom is -0.591 e. The summed E-state index contributed by atoms with van der Waals surface area (Å²) in [5, 5.41) is 0. The Bertz CT molecular complexity index is 645. The molecule has 1 heterocycles. The van der Waals surface area contributed by atoms with E-state index in [1.165, 1.54) is 18.4 Å². The van der Waals surface area contributed by atoms with Gasteiger partial charge in [0.25, 0.3) is 0 Å². The minimum absolute atomic E-state index is 0.0582. The molecule has 1 saturated carbocycles. The van der Waals surface area contributed by atoms with Crippen molar-refractivity contribution in [2.24, 2.45) is 15.7 Å². The molecule has 1 saturated heterocycles. The van der Waals surface area contributed by atoms with E-state index < -0.39 is 17.0 Å². The van der Waals surface area contributed by atoms with E-state index in [1.807, 2.05) is 46.4 Å². The maximum atomic E-state index is 12.8. The largest absolute Gasteiger partial charge is 0.591 e. The molecule has 2 fully saturated rings. The number of hydrogen-bond donors (Lipinski definition) is 0. The molecule has 1 aliphatic heterocycles. The number of nitrogens with zero attached hydrogens (tertiary/aromatic N) is 2. The molecule has 0 aromatic carbocycles. The molecule has 1 spiro atoms. The van der Waals surface area contributed by atoms with Crippen LogP contribution in [0.1, 0.15) is 73.6 Å². The summed E-state index contributed by atoms with van der Waals surface area (Å²) in [5.74, 6) is 0.601. The Labute approximate surface area is 166 Å². The molecule has 3 aliphatic rings. The van der Waals surface area contributed by atoms with Crippen molar-refractivity contribution in [3.8, 4) is 0 Å². The Hall–Kier alpha value is -1.01. The summed E-state index contributed by atoms with van der Waals surface area (Å²) < 4.78 is 22.7. The zero-order valence-electron chi connectivity index (χ0n) is 17.6. The van der Waals surface area contributed by atoms with Crippen LogP contribution >= 0.6 is 0 Å². The van der Waals surface area contributed by atoms with Crippen molar-refractivity contribution in [3.63, 3.8) is 0 Å². The van der Waals surface area contributed by atoms with Crippen molar-refractivity contribution in [1.29, 1.82) is 0 Å². The third-order valence-electron chi connectivity index (χ3n) is 5.58. The van der Waals surface area contributed by atoms with Gasteiger partial charge in [0.1, 0.15) is 27.4 Å². The van der Waals surface area contributed by atoms with E-state index in [9.17, 15) is 9.35 Å². The van der Waals surface area contributed by atoms with E-state index in [0.29, 0.717) is 19.0 Å². The van der Waals surface area contributed by atoms with Crippen molar-refractivity contribution < 1.29 is 14.1 Å². The number of piperidine rings is 1. The molecule has 5 nitrogen and oxygen atoms in total. The molecule has 152 valence electrons. The van der Waals surface area contributed by atoms with Crippen LogP contribution in [0.25, 0.3) is 0 Å². The number of ether oxygens (including phenoxy) is 1. The molecule has 0 radical (unpaired) electrons. The van der Waals surface area contributed by atoms with Gasteiger partial charge in [-0.2, -0.15) is 0 Å². The first-order chi connectivity index (χ1) is 12.4. The van der Waals surface area contributed by atoms with Gasteiger partial charge in [-0.25, -0.2) is 4.79 Å². The lowest BCUT2D eigenvalue weighted by molar-refractivity contribution is 0.0160. The Morgan fingerprint density at radius 3 is 2.30 bits per heavy atom. The minimum atomic E-state index is -1.25. The van der Waals surface area contributed by atoms with Crippen molar-refractivity contribution in [2.75, 3.05) is 13.1 Å². The average molecular weight is 395 g/mol. The second-order valence-electron chi connectivity index (χ2n) is 10.2. The van der Waals surface area contributed by atoms with E-state index in [0.717, 1.165) is 25.0 Å². The van der Waals surface area contributed by atoms with Gasteiger partial charge in [-0.3, -0.25) is 0 Å². The number of amides is 1. The first-order valence-electron chi connectivity index (χ1n) is 10.1. The molecule has 0 bridgehead atoms. The molecule has 1 atom stereocenters. The van der Waals surface area contributed by atoms with Crippen molar-refractivity contribution >= 4 is 23.2 Å². The molecule has 1 unspecified atom stereocenters. The van der Waals surface area contributed by atoms with Gasteiger partial charge < -0.3 is 14.2 Å². The van der Waals surface area contributed by atoms with Crippen LogP contribution in [-0.4, -0.2) is 44.7 Å². The number of carbonyl (C=O) groups excluding carboxylic acids is 1. The summed E-state index contributed by atoms with van der Waals surface area (Å²) >= 11 is -1.25. The molecular formula is C21H34N2O3S. The number of likely N-dealkylation sites (tertiary alicyclic amines) is 1. The monoisotopic (exact) mass is 394 g/mol. The zero-order valence-corrected chi connectivity index (χ0v) is 18.4. The first kappa shape index (κ1) is 20.7. The normalized spacial score (nSPS) is 25.7. The summed E-state index contributed by atoms with van der Waals surface area (Å²) in [4.78, 5) is 14.2. The fourth-order valence-corrected chi connectivity index (χ4v) is 4.55. The topological polar surface area (TPSA) is 65.0 Å². The highest BCUT2D eigenvalue weighted by molar-refractivity contribution is 7.91. The maximum Gasteiger partial charge on any atom is 0.410 e. The number of hydrogen-bond acceptors (Lipinski definition) is 4. The van der Waals surface area contributed by atoms with Gasteiger partial charge >= 0.3 is 6.09 Å². The van der Waals surface area contributed by atoms with Gasteiger partial charge in [-0.05, 0) is 85.1 Å². The SMILES string of the molecule is CC(C)(C)OC(=O)N1CCC2(CC=C(C3CC3)C2=N[S+]([O-])C(C)(C)C)CC1. The van der Waals surface area contributed by atoms with Gasteiger partial charge in [0.05, 0.1) is 0 Å². The molecule has 0 aromatic rings. The van der Waals surface area contributed by atoms with E-state index in [-0.39, 0.29) is 16.3 Å². The summed E-state index contributed by atoms with van der Waals surface area (Å²) in [6, 6.07) is 0. The van der Waals surface area contributed by atoms with Crippen LogP contribution in [-0.2, 0) is 16.1 Å². The molecule has 3 rings (SSSR count). The smallest absolute Gasteiger partial charge is 0.410 e. The van der Waals surface area contributed by atoms with Gasteiger partial charge in [0.2, 0.25) is 0 Å². The maximum absolute atomic E-state index is 12.8. The lowest BCUT2D eigenvalue weighted by Gasteiger charge is -2.40. The molecule has 6 heteroatoms. The summed E-state index contributed by atoms with van der Waals surface area (Å²) in [6.07, 6.45) is 7.21. The summed E-state index contributed by atoms with van der Waals surface area (Å²) in [5.41, 5.74) is 1.87. The molecule has 0 N–H and O–H groups in total. The Morgan fingerprint density at radius 2 is 1.81 bits per heavy atom. The summed E-state index contributed by atoms with van der Waals surface area (Å²) in [6.45, 7) is 12.9. The Morgan fingerprint density at radius 1 is 1.22 bits per heavy atom. The first-order valence-corrected chi connectivity index (χ1v) is 11.2. The van der Waals surface area contributed by atoms with Crippen molar-refractivity contribution in [3.05, 3.63) is 11.6 Å². The van der Waals surface area contributed by atoms with E-state index in [1.54, 1.807) is 0 Å². The van der Waals surface area contributed by atoms with E-state index in [2.05, 4.69) is 6.08 Å². The average Bonchev–Trinajstić information content (AvgIpc) is 3.32. The molecule has 27 heavy (non-hydrogen) atoms. The second-order valence-corrected chi connectivity index (χ2v) is 12.1. The molecule has 1 amide bonds. The summed E-state index contributed by atoms with van der Waals surface area (Å²) in [7, 11) is 0. The highest BCUT2D eigenvalue weighted by atomic mass is 32.2. The quantitative estimate of drug-likeness (QED) is 0.641.